The SMILES string of the molecule is CNc1nc(CCOCC(F)(F)F)ncc1I. The fourth-order valence-electron chi connectivity index (χ4n) is 1.05. The van der Waals surface area contributed by atoms with Gasteiger partial charge in [-0.2, -0.15) is 13.2 Å². The van der Waals surface area contributed by atoms with Crippen molar-refractivity contribution in [3.63, 3.8) is 0 Å². The number of rotatable bonds is 5. The van der Waals surface area contributed by atoms with Crippen LogP contribution >= 0.6 is 22.6 Å². The minimum absolute atomic E-state index is 0.0523. The van der Waals surface area contributed by atoms with E-state index >= 15 is 0 Å². The number of nitrogens with one attached hydrogen (secondary N) is 1. The Hall–Kier alpha value is -0.640. The van der Waals surface area contributed by atoms with E-state index in [2.05, 4.69) is 42.6 Å². The van der Waals surface area contributed by atoms with Gasteiger partial charge in [0.05, 0.1) is 10.2 Å². The summed E-state index contributed by atoms with van der Waals surface area (Å²) in [6, 6.07) is 0. The smallest absolute Gasteiger partial charge is 0.372 e. The Labute approximate surface area is 110 Å². The van der Waals surface area contributed by atoms with E-state index in [0.29, 0.717) is 11.6 Å². The van der Waals surface area contributed by atoms with Crippen LogP contribution in [0.25, 0.3) is 0 Å². The maximum Gasteiger partial charge on any atom is 0.411 e. The van der Waals surface area contributed by atoms with Crippen LogP contribution in [-0.4, -0.2) is 36.4 Å². The molecule has 0 bridgehead atoms. The van der Waals surface area contributed by atoms with Gasteiger partial charge in [0.2, 0.25) is 0 Å². The van der Waals surface area contributed by atoms with Crippen molar-refractivity contribution in [2.75, 3.05) is 25.6 Å². The van der Waals surface area contributed by atoms with Crippen molar-refractivity contribution >= 4 is 28.4 Å². The average molecular weight is 361 g/mol. The van der Waals surface area contributed by atoms with Crippen LogP contribution in [0.15, 0.2) is 6.20 Å². The number of hydrogen-bond donors (Lipinski definition) is 1. The monoisotopic (exact) mass is 361 g/mol. The third-order valence-corrected chi connectivity index (χ3v) is 2.56. The van der Waals surface area contributed by atoms with Gasteiger partial charge < -0.3 is 10.1 Å². The van der Waals surface area contributed by atoms with Crippen molar-refractivity contribution in [2.24, 2.45) is 0 Å². The van der Waals surface area contributed by atoms with Crippen molar-refractivity contribution in [3.05, 3.63) is 15.6 Å². The van der Waals surface area contributed by atoms with E-state index in [1.165, 1.54) is 0 Å². The molecule has 1 aromatic heterocycles. The highest BCUT2D eigenvalue weighted by molar-refractivity contribution is 14.1. The molecule has 0 aliphatic heterocycles. The van der Waals surface area contributed by atoms with Crippen molar-refractivity contribution < 1.29 is 17.9 Å². The first-order chi connectivity index (χ1) is 7.92. The summed E-state index contributed by atoms with van der Waals surface area (Å²) < 4.78 is 40.7. The second-order valence-corrected chi connectivity index (χ2v) is 4.31. The highest BCUT2D eigenvalue weighted by atomic mass is 127. The summed E-state index contributed by atoms with van der Waals surface area (Å²) in [5, 5.41) is 2.87. The molecule has 0 unspecified atom stereocenters. The zero-order valence-electron chi connectivity index (χ0n) is 9.01. The fourth-order valence-corrected chi connectivity index (χ4v) is 1.58. The quantitative estimate of drug-likeness (QED) is 0.646. The molecular formula is C9H11F3IN3O. The Morgan fingerprint density at radius 1 is 1.47 bits per heavy atom. The van der Waals surface area contributed by atoms with E-state index in [-0.39, 0.29) is 13.0 Å². The number of nitrogens with zero attached hydrogens (tertiary/aromatic N) is 2. The minimum atomic E-state index is -4.29. The van der Waals surface area contributed by atoms with E-state index in [1.54, 1.807) is 13.2 Å². The van der Waals surface area contributed by atoms with Crippen LogP contribution in [0.5, 0.6) is 0 Å². The first kappa shape index (κ1) is 14.4. The molecule has 0 saturated heterocycles. The van der Waals surface area contributed by atoms with Crippen molar-refractivity contribution in [1.29, 1.82) is 0 Å². The Balaban J connectivity index is 2.42. The molecule has 0 aromatic carbocycles. The van der Waals surface area contributed by atoms with Gasteiger partial charge in [0.25, 0.3) is 0 Å². The minimum Gasteiger partial charge on any atom is -0.372 e. The molecule has 8 heteroatoms. The van der Waals surface area contributed by atoms with Gasteiger partial charge in [0.1, 0.15) is 18.2 Å². The second kappa shape index (κ2) is 6.34. The molecule has 1 aromatic rings. The van der Waals surface area contributed by atoms with Gasteiger partial charge in [-0.1, -0.05) is 0 Å². The van der Waals surface area contributed by atoms with Gasteiger partial charge in [-0.15, -0.1) is 0 Å². The lowest BCUT2D eigenvalue weighted by atomic mass is 10.4. The molecule has 4 nitrogen and oxygen atoms in total. The number of ether oxygens (including phenoxy) is 1. The van der Waals surface area contributed by atoms with Gasteiger partial charge in [-0.05, 0) is 22.6 Å². The highest BCUT2D eigenvalue weighted by Gasteiger charge is 2.27. The van der Waals surface area contributed by atoms with Gasteiger partial charge in [-0.25, -0.2) is 9.97 Å². The van der Waals surface area contributed by atoms with Gasteiger partial charge in [-0.3, -0.25) is 0 Å². The van der Waals surface area contributed by atoms with Crippen LogP contribution in [-0.2, 0) is 11.2 Å². The molecule has 1 N–H and O–H groups in total. The number of alkyl halides is 3. The number of aromatic nitrogens is 2. The van der Waals surface area contributed by atoms with Crippen LogP contribution in [0.2, 0.25) is 0 Å². The first-order valence-corrected chi connectivity index (χ1v) is 5.84. The summed E-state index contributed by atoms with van der Waals surface area (Å²) in [4.78, 5) is 8.13. The molecule has 0 fully saturated rings. The van der Waals surface area contributed by atoms with Crippen LogP contribution in [0.1, 0.15) is 5.82 Å². The first-order valence-electron chi connectivity index (χ1n) is 4.76. The molecule has 0 atom stereocenters. The lowest BCUT2D eigenvalue weighted by Gasteiger charge is -2.08. The third-order valence-electron chi connectivity index (χ3n) is 1.77. The van der Waals surface area contributed by atoms with Crippen molar-refractivity contribution in [2.45, 2.75) is 12.6 Å². The predicted molar refractivity (Wildman–Crippen MR) is 64.9 cm³/mol. The maximum absolute atomic E-state index is 11.8. The number of hydrogen-bond acceptors (Lipinski definition) is 4. The number of anilines is 1. The summed E-state index contributed by atoms with van der Waals surface area (Å²) in [6.07, 6.45) is -2.43. The van der Waals surface area contributed by atoms with E-state index in [9.17, 15) is 13.2 Å². The van der Waals surface area contributed by atoms with Gasteiger partial charge >= 0.3 is 6.18 Å². The molecule has 0 aliphatic rings. The lowest BCUT2D eigenvalue weighted by molar-refractivity contribution is -0.173. The second-order valence-electron chi connectivity index (χ2n) is 3.15. The zero-order valence-corrected chi connectivity index (χ0v) is 11.2. The van der Waals surface area contributed by atoms with E-state index in [4.69, 9.17) is 0 Å². The lowest BCUT2D eigenvalue weighted by Crippen LogP contribution is -2.18. The molecule has 0 saturated carbocycles. The molecule has 17 heavy (non-hydrogen) atoms. The van der Waals surface area contributed by atoms with Gasteiger partial charge in [0, 0.05) is 19.7 Å². The van der Waals surface area contributed by atoms with E-state index in [0.717, 1.165) is 3.57 Å². The predicted octanol–water partition coefficient (Wildman–Crippen LogP) is 2.24. The Morgan fingerprint density at radius 3 is 2.76 bits per heavy atom. The Morgan fingerprint density at radius 2 is 2.18 bits per heavy atom. The number of halogens is 4. The largest absolute Gasteiger partial charge is 0.411 e. The third kappa shape index (κ3) is 5.48. The van der Waals surface area contributed by atoms with Crippen LogP contribution in [0.4, 0.5) is 19.0 Å². The van der Waals surface area contributed by atoms with E-state index in [1.807, 2.05) is 0 Å². The summed E-state index contributed by atoms with van der Waals surface area (Å²) in [6.45, 7) is -1.29. The van der Waals surface area contributed by atoms with Crippen molar-refractivity contribution in [1.82, 2.24) is 9.97 Å². The summed E-state index contributed by atoms with van der Waals surface area (Å²) >= 11 is 2.07. The Kier molecular flexibility index (Phi) is 5.37. The summed E-state index contributed by atoms with van der Waals surface area (Å²) in [7, 11) is 1.72. The molecular weight excluding hydrogens is 350 g/mol. The van der Waals surface area contributed by atoms with Crippen LogP contribution in [0.3, 0.4) is 0 Å². The fraction of sp³-hybridized carbons (Fsp3) is 0.556. The standard InChI is InChI=1S/C9H11F3IN3O/c1-14-8-6(13)4-15-7(16-8)2-3-17-5-9(10,11)12/h4H,2-3,5H2,1H3,(H,14,15,16). The van der Waals surface area contributed by atoms with E-state index < -0.39 is 12.8 Å². The summed E-state index contributed by atoms with van der Waals surface area (Å²) in [5.74, 6) is 1.11. The molecule has 96 valence electrons. The van der Waals surface area contributed by atoms with Crippen molar-refractivity contribution in [3.8, 4) is 0 Å². The van der Waals surface area contributed by atoms with Crippen LogP contribution in [0, 0.1) is 3.57 Å². The zero-order chi connectivity index (χ0) is 12.9. The normalized spacial score (nSPS) is 11.6. The Bertz CT molecular complexity index is 373. The highest BCUT2D eigenvalue weighted by Crippen LogP contribution is 2.15. The van der Waals surface area contributed by atoms with Gasteiger partial charge in [0.15, 0.2) is 0 Å². The molecule has 0 spiro atoms. The summed E-state index contributed by atoms with van der Waals surface area (Å²) in [5.41, 5.74) is 0. The molecule has 1 rings (SSSR count). The molecule has 0 aliphatic carbocycles. The topological polar surface area (TPSA) is 47.0 Å². The molecule has 0 radical (unpaired) electrons. The van der Waals surface area contributed by atoms with Crippen LogP contribution < -0.4 is 5.32 Å². The molecule has 0 amide bonds. The molecule has 1 heterocycles. The maximum atomic E-state index is 11.8. The average Bonchev–Trinajstić information content (AvgIpc) is 2.25.